The first-order valence-corrected chi connectivity index (χ1v) is 5.74. The van der Waals surface area contributed by atoms with Gasteiger partial charge in [-0.3, -0.25) is 0 Å². The van der Waals surface area contributed by atoms with E-state index in [2.05, 4.69) is 10.1 Å². The van der Waals surface area contributed by atoms with E-state index >= 15 is 0 Å². The third-order valence-electron chi connectivity index (χ3n) is 2.98. The maximum atomic E-state index is 11.2. The van der Waals surface area contributed by atoms with Crippen LogP contribution in [-0.2, 0) is 0 Å². The molecule has 0 saturated heterocycles. The number of aromatic nitrogens is 3. The van der Waals surface area contributed by atoms with Gasteiger partial charge in [0.15, 0.2) is 11.3 Å². The molecule has 96 valence electrons. The van der Waals surface area contributed by atoms with Crippen molar-refractivity contribution in [3.8, 4) is 0 Å². The van der Waals surface area contributed by atoms with Crippen molar-refractivity contribution >= 4 is 17.4 Å². The first kappa shape index (κ1) is 12.3. The predicted octanol–water partition coefficient (Wildman–Crippen LogP) is 1.58. The Morgan fingerprint density at radius 3 is 2.67 bits per heavy atom. The lowest BCUT2D eigenvalue weighted by Crippen LogP contribution is -2.27. The summed E-state index contributed by atoms with van der Waals surface area (Å²) in [6.07, 6.45) is 0. The number of imidazole rings is 1. The number of anilines is 1. The van der Waals surface area contributed by atoms with Crippen molar-refractivity contribution in [1.29, 1.82) is 0 Å². The molecule has 2 aromatic rings. The van der Waals surface area contributed by atoms with Crippen molar-refractivity contribution in [3.63, 3.8) is 0 Å². The highest BCUT2D eigenvalue weighted by atomic mass is 16.4. The Morgan fingerprint density at radius 2 is 2.11 bits per heavy atom. The first-order chi connectivity index (χ1) is 8.41. The molecule has 0 bridgehead atoms. The lowest BCUT2D eigenvalue weighted by atomic mass is 10.3. The van der Waals surface area contributed by atoms with Crippen molar-refractivity contribution in [2.24, 2.45) is 0 Å². The molecule has 0 fully saturated rings. The van der Waals surface area contributed by atoms with Crippen LogP contribution in [0.2, 0.25) is 0 Å². The number of carboxylic acids is 1. The van der Waals surface area contributed by atoms with E-state index in [1.54, 1.807) is 13.0 Å². The van der Waals surface area contributed by atoms with Crippen molar-refractivity contribution in [1.82, 2.24) is 14.6 Å². The zero-order valence-electron chi connectivity index (χ0n) is 10.9. The second kappa shape index (κ2) is 4.29. The van der Waals surface area contributed by atoms with Crippen LogP contribution in [0.4, 0.5) is 5.82 Å². The van der Waals surface area contributed by atoms with E-state index in [4.69, 9.17) is 0 Å². The molecule has 0 aliphatic heterocycles. The van der Waals surface area contributed by atoms with Gasteiger partial charge in [0, 0.05) is 13.1 Å². The number of aromatic carboxylic acids is 1. The zero-order chi connectivity index (χ0) is 13.4. The second-order valence-corrected chi connectivity index (χ2v) is 4.52. The summed E-state index contributed by atoms with van der Waals surface area (Å²) in [6.45, 7) is 5.76. The van der Waals surface area contributed by atoms with Crippen molar-refractivity contribution < 1.29 is 9.90 Å². The van der Waals surface area contributed by atoms with E-state index in [1.165, 1.54) is 4.52 Å². The van der Waals surface area contributed by atoms with Crippen LogP contribution >= 0.6 is 0 Å². The highest BCUT2D eigenvalue weighted by Crippen LogP contribution is 2.16. The summed E-state index contributed by atoms with van der Waals surface area (Å²) in [6, 6.07) is 3.90. The van der Waals surface area contributed by atoms with Crippen LogP contribution in [0.5, 0.6) is 0 Å². The molecule has 0 aliphatic rings. The molecule has 0 saturated carbocycles. The summed E-state index contributed by atoms with van der Waals surface area (Å²) in [5.41, 5.74) is 1.13. The molecule has 0 radical (unpaired) electrons. The van der Waals surface area contributed by atoms with Gasteiger partial charge >= 0.3 is 5.97 Å². The molecule has 0 unspecified atom stereocenters. The average molecular weight is 248 g/mol. The first-order valence-electron chi connectivity index (χ1n) is 5.74. The Morgan fingerprint density at radius 1 is 1.44 bits per heavy atom. The average Bonchev–Trinajstić information content (AvgIpc) is 2.62. The second-order valence-electron chi connectivity index (χ2n) is 4.52. The van der Waals surface area contributed by atoms with Crippen LogP contribution in [-0.4, -0.2) is 38.8 Å². The predicted molar refractivity (Wildman–Crippen MR) is 68.2 cm³/mol. The van der Waals surface area contributed by atoms with Gasteiger partial charge in [-0.05, 0) is 32.9 Å². The van der Waals surface area contributed by atoms with Gasteiger partial charge in [0.2, 0.25) is 0 Å². The number of aryl methyl sites for hydroxylation is 1. The third-order valence-corrected chi connectivity index (χ3v) is 2.98. The number of nitrogens with zero attached hydrogens (tertiary/aromatic N) is 4. The normalized spacial score (nSPS) is 11.2. The van der Waals surface area contributed by atoms with E-state index in [-0.39, 0.29) is 11.7 Å². The molecule has 2 aromatic heterocycles. The van der Waals surface area contributed by atoms with Crippen molar-refractivity contribution in [2.75, 3.05) is 11.9 Å². The topological polar surface area (TPSA) is 70.7 Å². The number of hydrogen-bond donors (Lipinski definition) is 1. The van der Waals surface area contributed by atoms with Crippen LogP contribution < -0.4 is 4.90 Å². The molecular formula is C12H16N4O2. The fourth-order valence-corrected chi connectivity index (χ4v) is 1.73. The van der Waals surface area contributed by atoms with E-state index in [9.17, 15) is 9.90 Å². The van der Waals surface area contributed by atoms with E-state index in [0.29, 0.717) is 11.3 Å². The Hall–Kier alpha value is -2.11. The van der Waals surface area contributed by atoms with Gasteiger partial charge in [-0.1, -0.05) is 0 Å². The van der Waals surface area contributed by atoms with Gasteiger partial charge in [0.1, 0.15) is 5.82 Å². The molecule has 0 aromatic carbocycles. The van der Waals surface area contributed by atoms with Crippen molar-refractivity contribution in [3.05, 3.63) is 23.5 Å². The van der Waals surface area contributed by atoms with Gasteiger partial charge in [0.05, 0.1) is 5.69 Å². The largest absolute Gasteiger partial charge is 0.476 e. The minimum Gasteiger partial charge on any atom is -0.476 e. The summed E-state index contributed by atoms with van der Waals surface area (Å²) in [7, 11) is 1.92. The Bertz CT molecular complexity index is 603. The number of fused-ring (bicyclic) bond motifs is 1. The van der Waals surface area contributed by atoms with Crippen LogP contribution in [0, 0.1) is 6.92 Å². The summed E-state index contributed by atoms with van der Waals surface area (Å²) < 4.78 is 1.38. The van der Waals surface area contributed by atoms with Crippen LogP contribution in [0.25, 0.3) is 5.65 Å². The Kier molecular flexibility index (Phi) is 2.94. The Labute approximate surface area is 105 Å². The van der Waals surface area contributed by atoms with Gasteiger partial charge in [0.25, 0.3) is 0 Å². The smallest absolute Gasteiger partial charge is 0.356 e. The van der Waals surface area contributed by atoms with Crippen LogP contribution in [0.3, 0.4) is 0 Å². The molecule has 1 N–H and O–H groups in total. The quantitative estimate of drug-likeness (QED) is 0.893. The number of carboxylic acid groups (broad SMARTS) is 1. The molecule has 2 heterocycles. The summed E-state index contributed by atoms with van der Waals surface area (Å²) >= 11 is 0. The molecule has 6 heteroatoms. The SMILES string of the molecule is Cc1nc2ccc(N(C)C(C)C)nn2c1C(=O)O. The molecule has 0 amide bonds. The maximum Gasteiger partial charge on any atom is 0.356 e. The maximum absolute atomic E-state index is 11.2. The molecular weight excluding hydrogens is 232 g/mol. The summed E-state index contributed by atoms with van der Waals surface area (Å²) in [4.78, 5) is 17.4. The highest BCUT2D eigenvalue weighted by Gasteiger charge is 2.17. The van der Waals surface area contributed by atoms with Crippen molar-refractivity contribution in [2.45, 2.75) is 26.8 Å². The van der Waals surface area contributed by atoms with Gasteiger partial charge in [-0.25, -0.2) is 14.3 Å². The summed E-state index contributed by atoms with van der Waals surface area (Å²) in [5.74, 6) is -0.297. The highest BCUT2D eigenvalue weighted by molar-refractivity contribution is 5.88. The molecule has 0 aliphatic carbocycles. The van der Waals surface area contributed by atoms with Gasteiger partial charge < -0.3 is 10.0 Å². The van der Waals surface area contributed by atoms with E-state index in [0.717, 1.165) is 5.82 Å². The molecule has 18 heavy (non-hydrogen) atoms. The van der Waals surface area contributed by atoms with Crippen LogP contribution in [0.1, 0.15) is 30.0 Å². The lowest BCUT2D eigenvalue weighted by molar-refractivity contribution is 0.0687. The monoisotopic (exact) mass is 248 g/mol. The van der Waals surface area contributed by atoms with Gasteiger partial charge in [-0.15, -0.1) is 5.10 Å². The Balaban J connectivity index is 2.63. The zero-order valence-corrected chi connectivity index (χ0v) is 10.9. The van der Waals surface area contributed by atoms with Gasteiger partial charge in [-0.2, -0.15) is 0 Å². The molecule has 0 spiro atoms. The van der Waals surface area contributed by atoms with Crippen LogP contribution in [0.15, 0.2) is 12.1 Å². The third kappa shape index (κ3) is 1.90. The summed E-state index contributed by atoms with van der Waals surface area (Å²) in [5, 5.41) is 13.5. The number of carbonyl (C=O) groups is 1. The fourth-order valence-electron chi connectivity index (χ4n) is 1.73. The lowest BCUT2D eigenvalue weighted by Gasteiger charge is -2.22. The standard InChI is InChI=1S/C12H16N4O2/c1-7(2)15(4)10-6-5-9-13-8(3)11(12(17)18)16(9)14-10/h5-7H,1-4H3,(H,17,18). The molecule has 6 nitrogen and oxygen atoms in total. The van der Waals surface area contributed by atoms with E-state index in [1.807, 2.05) is 31.9 Å². The number of rotatable bonds is 3. The molecule has 0 atom stereocenters. The fraction of sp³-hybridized carbons (Fsp3) is 0.417. The van der Waals surface area contributed by atoms with E-state index < -0.39 is 5.97 Å². The minimum absolute atomic E-state index is 0.115. The minimum atomic E-state index is -1.02. The molecule has 2 rings (SSSR count). The number of hydrogen-bond acceptors (Lipinski definition) is 4.